The zero-order valence-corrected chi connectivity index (χ0v) is 25.8. The first-order chi connectivity index (χ1) is 15.5. The summed E-state index contributed by atoms with van der Waals surface area (Å²) in [5.41, 5.74) is 13.5. The van der Waals surface area contributed by atoms with Gasteiger partial charge in [-0.25, -0.2) is 0 Å². The highest BCUT2D eigenvalue weighted by Gasteiger charge is 2.29. The number of hydrogen-bond donors (Lipinski definition) is 5. The van der Waals surface area contributed by atoms with Crippen molar-refractivity contribution in [3.05, 3.63) is 0 Å². The van der Waals surface area contributed by atoms with E-state index in [1.165, 1.54) is 0 Å². The third-order valence-electron chi connectivity index (χ3n) is 3.12. The monoisotopic (exact) mass is 591 g/mol. The number of nitrogens with two attached hydrogens (primary N) is 3. The fraction of sp³-hybridized carbons (Fsp3) is 0.762. The van der Waals surface area contributed by atoms with E-state index in [1.54, 1.807) is 27.0 Å². The minimum absolute atomic E-state index is 0. The third-order valence-corrected chi connectivity index (χ3v) is 4.00. The minimum atomic E-state index is -0.500. The van der Waals surface area contributed by atoms with Gasteiger partial charge in [-0.15, -0.1) is 12.4 Å². The second kappa shape index (κ2) is 17.1. The molecule has 0 radical (unpaired) electrons. The molecule has 0 spiro atoms. The Balaban J connectivity index is -0.000000393. The van der Waals surface area contributed by atoms with E-state index in [0.717, 1.165) is 36.1 Å². The first kappa shape index (κ1) is 39.0. The van der Waals surface area contributed by atoms with Crippen molar-refractivity contribution < 1.29 is 19.6 Å². The molecular formula is C21H43Cl2N7O4S2. The SMILES string of the molecule is CC(C)(C)O.CC1(C)CC(Cl)=NO1.CC1(C)CC(SC(=N)N)=NO1.CC1(C)CC=NO1.Cl.NC(N)=S. The molecule has 8 N–H and O–H groups in total. The molecule has 0 amide bonds. The number of hydrogen-bond acceptors (Lipinski definition) is 10. The number of amidine groups is 1. The number of nitrogens with one attached hydrogen (secondary N) is 1. The van der Waals surface area contributed by atoms with Crippen LogP contribution in [-0.2, 0) is 14.5 Å². The van der Waals surface area contributed by atoms with Crippen LogP contribution in [0.25, 0.3) is 0 Å². The van der Waals surface area contributed by atoms with Crippen LogP contribution >= 0.6 is 48.0 Å². The predicted octanol–water partition coefficient (Wildman–Crippen LogP) is 4.42. The summed E-state index contributed by atoms with van der Waals surface area (Å²) in [5, 5.41) is 27.9. The minimum Gasteiger partial charge on any atom is -0.391 e. The topological polar surface area (TPSA) is 187 Å². The van der Waals surface area contributed by atoms with Gasteiger partial charge < -0.3 is 36.8 Å². The van der Waals surface area contributed by atoms with Crippen molar-refractivity contribution in [2.24, 2.45) is 32.7 Å². The van der Waals surface area contributed by atoms with E-state index in [4.69, 9.17) is 42.4 Å². The normalized spacial score (nSPS) is 19.0. The largest absolute Gasteiger partial charge is 0.391 e. The molecule has 0 aromatic carbocycles. The lowest BCUT2D eigenvalue weighted by molar-refractivity contribution is 0.0120. The van der Waals surface area contributed by atoms with Gasteiger partial charge in [0.05, 0.1) is 5.60 Å². The van der Waals surface area contributed by atoms with Gasteiger partial charge in [0.1, 0.15) is 27.0 Å². The Hall–Kier alpha value is -1.54. The smallest absolute Gasteiger partial charge is 0.160 e. The van der Waals surface area contributed by atoms with Gasteiger partial charge in [-0.05, 0) is 86.3 Å². The Labute approximate surface area is 235 Å². The van der Waals surface area contributed by atoms with Crippen molar-refractivity contribution in [1.82, 2.24) is 0 Å². The van der Waals surface area contributed by atoms with Crippen LogP contribution in [0.3, 0.4) is 0 Å². The van der Waals surface area contributed by atoms with Crippen molar-refractivity contribution >= 4 is 74.7 Å². The van der Waals surface area contributed by atoms with Gasteiger partial charge in [0.25, 0.3) is 0 Å². The average molecular weight is 593 g/mol. The molecule has 0 atom stereocenters. The van der Waals surface area contributed by atoms with E-state index in [0.29, 0.717) is 5.17 Å². The number of thiocarbonyl (C=S) groups is 1. The molecule has 3 aliphatic rings. The predicted molar refractivity (Wildman–Crippen MR) is 158 cm³/mol. The van der Waals surface area contributed by atoms with Crippen LogP contribution in [0.5, 0.6) is 0 Å². The lowest BCUT2D eigenvalue weighted by Crippen LogP contribution is -2.19. The van der Waals surface area contributed by atoms with E-state index >= 15 is 0 Å². The van der Waals surface area contributed by atoms with Gasteiger partial charge in [-0.1, -0.05) is 27.1 Å². The maximum atomic E-state index is 8.52. The van der Waals surface area contributed by atoms with E-state index < -0.39 is 5.60 Å². The summed E-state index contributed by atoms with van der Waals surface area (Å²) in [6.07, 6.45) is 4.19. The van der Waals surface area contributed by atoms with Gasteiger partial charge in [-0.2, -0.15) is 0 Å². The Morgan fingerprint density at radius 2 is 1.42 bits per heavy atom. The number of halogens is 2. The summed E-state index contributed by atoms with van der Waals surface area (Å²) in [6, 6.07) is 0. The summed E-state index contributed by atoms with van der Waals surface area (Å²) < 4.78 is 0. The number of thioether (sulfide) groups is 1. The van der Waals surface area contributed by atoms with Crippen LogP contribution in [0.15, 0.2) is 15.5 Å². The van der Waals surface area contributed by atoms with Crippen LogP contribution in [-0.4, -0.2) is 54.2 Å². The molecule has 36 heavy (non-hydrogen) atoms. The molecule has 0 fully saturated rings. The van der Waals surface area contributed by atoms with E-state index in [1.807, 2.05) is 41.5 Å². The standard InChI is InChI=1S/C6H11N3OS.C5H8ClNO.C5H9NO.C4H10O.CH4N2S.ClH/c1-6(2)3-4(9-10-6)11-5(7)8;1-5(2)3-4(6)7-8-5;1-5(2)3-4-6-7-5;1-4(2,3)5;2-1(3)4;/h3H2,1-2H3,(H3,7,8);3H2,1-2H3;4H,3H2,1-2H3;5H,1-3H3;(H4,2,3,4);1H. The average Bonchev–Trinajstić information content (AvgIpc) is 3.24. The van der Waals surface area contributed by atoms with Crippen molar-refractivity contribution in [1.29, 1.82) is 5.41 Å². The summed E-state index contributed by atoms with van der Waals surface area (Å²) in [6.45, 7) is 17.1. The second-order valence-corrected chi connectivity index (χ2v) is 12.4. The molecule has 3 heterocycles. The molecule has 0 unspecified atom stereocenters. The fourth-order valence-electron chi connectivity index (χ4n) is 1.85. The number of nitrogens with zero attached hydrogens (tertiary/aromatic N) is 3. The quantitative estimate of drug-likeness (QED) is 0.154. The summed E-state index contributed by atoms with van der Waals surface area (Å²) in [4.78, 5) is 14.9. The zero-order valence-electron chi connectivity index (χ0n) is 22.5. The van der Waals surface area contributed by atoms with Crippen molar-refractivity contribution in [3.63, 3.8) is 0 Å². The van der Waals surface area contributed by atoms with Crippen molar-refractivity contribution in [3.8, 4) is 0 Å². The van der Waals surface area contributed by atoms with Crippen LogP contribution in [0.4, 0.5) is 0 Å². The molecule has 212 valence electrons. The molecule has 0 bridgehead atoms. The summed E-state index contributed by atoms with van der Waals surface area (Å²) in [5.74, 6) is 0. The fourth-order valence-corrected chi connectivity index (χ4v) is 2.95. The van der Waals surface area contributed by atoms with Crippen molar-refractivity contribution in [2.75, 3.05) is 0 Å². The first-order valence-electron chi connectivity index (χ1n) is 10.7. The lowest BCUT2D eigenvalue weighted by atomic mass is 10.1. The highest BCUT2D eigenvalue weighted by atomic mass is 35.5. The molecule has 3 rings (SSSR count). The van der Waals surface area contributed by atoms with Crippen LogP contribution in [0, 0.1) is 5.41 Å². The molecular weight excluding hydrogens is 549 g/mol. The highest BCUT2D eigenvalue weighted by molar-refractivity contribution is 8.26. The number of aliphatic hydroxyl groups is 1. The molecule has 11 nitrogen and oxygen atoms in total. The molecule has 3 aliphatic heterocycles. The van der Waals surface area contributed by atoms with Crippen LogP contribution in [0.1, 0.15) is 81.6 Å². The first-order valence-corrected chi connectivity index (χ1v) is 12.3. The molecule has 0 aromatic heterocycles. The van der Waals surface area contributed by atoms with Gasteiger partial charge in [0.15, 0.2) is 10.3 Å². The van der Waals surface area contributed by atoms with E-state index in [-0.39, 0.29) is 39.5 Å². The molecule has 0 aliphatic carbocycles. The van der Waals surface area contributed by atoms with Crippen LogP contribution < -0.4 is 17.2 Å². The number of oxime groups is 3. The summed E-state index contributed by atoms with van der Waals surface area (Å²) >= 11 is 10.8. The van der Waals surface area contributed by atoms with E-state index in [9.17, 15) is 0 Å². The Kier molecular flexibility index (Phi) is 18.5. The van der Waals surface area contributed by atoms with E-state index in [2.05, 4.69) is 39.2 Å². The van der Waals surface area contributed by atoms with Gasteiger partial charge in [-0.3, -0.25) is 5.41 Å². The zero-order chi connectivity index (χ0) is 28.1. The summed E-state index contributed by atoms with van der Waals surface area (Å²) in [7, 11) is 0. The maximum absolute atomic E-state index is 8.52. The van der Waals surface area contributed by atoms with Crippen LogP contribution in [0.2, 0.25) is 0 Å². The highest BCUT2D eigenvalue weighted by Crippen LogP contribution is 2.27. The Bertz CT molecular complexity index is 765. The lowest BCUT2D eigenvalue weighted by Gasteiger charge is -2.12. The molecule has 15 heteroatoms. The molecule has 0 aromatic rings. The Morgan fingerprint density at radius 3 is 1.58 bits per heavy atom. The molecule has 0 saturated heterocycles. The van der Waals surface area contributed by atoms with Gasteiger partial charge in [0, 0.05) is 25.5 Å². The molecule has 0 saturated carbocycles. The third kappa shape index (κ3) is 28.7. The van der Waals surface area contributed by atoms with Gasteiger partial charge >= 0.3 is 0 Å². The van der Waals surface area contributed by atoms with Crippen molar-refractivity contribution in [2.45, 2.75) is 104 Å². The number of rotatable bonds is 0. The second-order valence-electron chi connectivity index (χ2n) is 10.4. The maximum Gasteiger partial charge on any atom is 0.160 e. The van der Waals surface area contributed by atoms with Gasteiger partial charge in [0.2, 0.25) is 0 Å². The Morgan fingerprint density at radius 1 is 1.00 bits per heavy atom.